The molecule has 1 aliphatic rings. The minimum absolute atomic E-state index is 0.168. The lowest BCUT2D eigenvalue weighted by atomic mass is 9.86. The molecule has 18 heavy (non-hydrogen) atoms. The summed E-state index contributed by atoms with van der Waals surface area (Å²) in [5, 5.41) is 9.88. The number of hydrogen-bond acceptors (Lipinski definition) is 4. The first-order valence-corrected chi connectivity index (χ1v) is 8.37. The molecule has 0 saturated heterocycles. The van der Waals surface area contributed by atoms with E-state index in [1.54, 1.807) is 0 Å². The third kappa shape index (κ3) is 5.65. The summed E-state index contributed by atoms with van der Waals surface area (Å²) in [5.41, 5.74) is 0. The third-order valence-electron chi connectivity index (χ3n) is 3.68. The van der Waals surface area contributed by atoms with E-state index >= 15 is 0 Å². The van der Waals surface area contributed by atoms with Gasteiger partial charge in [-0.2, -0.15) is 0 Å². The molecule has 1 aliphatic carbocycles. The number of sulfonamides is 1. The van der Waals surface area contributed by atoms with E-state index in [2.05, 4.69) is 9.62 Å². The van der Waals surface area contributed by atoms with Crippen molar-refractivity contribution in [3.8, 4) is 0 Å². The van der Waals surface area contributed by atoms with Gasteiger partial charge < -0.3 is 10.0 Å². The average Bonchev–Trinajstić information content (AvgIpc) is 2.32. The Bertz CT molecular complexity index is 332. The first-order chi connectivity index (χ1) is 8.44. The van der Waals surface area contributed by atoms with E-state index in [0.29, 0.717) is 12.3 Å². The van der Waals surface area contributed by atoms with Crippen molar-refractivity contribution in [2.45, 2.75) is 38.2 Å². The van der Waals surface area contributed by atoms with Crippen molar-refractivity contribution in [3.63, 3.8) is 0 Å². The van der Waals surface area contributed by atoms with Crippen LogP contribution in [0.3, 0.4) is 0 Å². The molecule has 0 aromatic heterocycles. The third-order valence-corrected chi connectivity index (χ3v) is 5.13. The topological polar surface area (TPSA) is 69.6 Å². The van der Waals surface area contributed by atoms with Crippen LogP contribution in [0.5, 0.6) is 0 Å². The molecule has 5 nitrogen and oxygen atoms in total. The molecule has 0 bridgehead atoms. The van der Waals surface area contributed by atoms with Gasteiger partial charge in [0.1, 0.15) is 0 Å². The molecule has 108 valence electrons. The highest BCUT2D eigenvalue weighted by molar-refractivity contribution is 7.89. The summed E-state index contributed by atoms with van der Waals surface area (Å²) in [6, 6.07) is 0. The van der Waals surface area contributed by atoms with Gasteiger partial charge in [-0.15, -0.1) is 0 Å². The Labute approximate surface area is 111 Å². The molecule has 0 aromatic rings. The monoisotopic (exact) mass is 278 g/mol. The molecule has 2 N–H and O–H groups in total. The van der Waals surface area contributed by atoms with E-state index in [1.165, 1.54) is 13.5 Å². The molecule has 1 fully saturated rings. The normalized spacial score (nSPS) is 25.6. The first kappa shape index (κ1) is 15.9. The van der Waals surface area contributed by atoms with Gasteiger partial charge in [-0.1, -0.05) is 12.8 Å². The van der Waals surface area contributed by atoms with Gasteiger partial charge in [0.25, 0.3) is 0 Å². The lowest BCUT2D eigenvalue weighted by Crippen LogP contribution is -2.36. The van der Waals surface area contributed by atoms with Crippen molar-refractivity contribution in [2.75, 3.05) is 32.9 Å². The van der Waals surface area contributed by atoms with Crippen LogP contribution in [0, 0.1) is 5.92 Å². The van der Waals surface area contributed by atoms with Gasteiger partial charge in [0.15, 0.2) is 0 Å². The minimum Gasteiger partial charge on any atom is -0.393 e. The van der Waals surface area contributed by atoms with Gasteiger partial charge in [-0.25, -0.2) is 13.1 Å². The SMILES string of the molecule is CNS(=O)(=O)CCCN(C)CC1CCCCC1O. The van der Waals surface area contributed by atoms with Gasteiger partial charge in [-0.05, 0) is 45.8 Å². The second-order valence-electron chi connectivity index (χ2n) is 5.25. The molecule has 0 heterocycles. The minimum atomic E-state index is -3.09. The van der Waals surface area contributed by atoms with Crippen LogP contribution in [0.1, 0.15) is 32.1 Å². The van der Waals surface area contributed by atoms with Crippen molar-refractivity contribution < 1.29 is 13.5 Å². The van der Waals surface area contributed by atoms with Crippen LogP contribution in [-0.2, 0) is 10.0 Å². The Hall–Kier alpha value is -0.170. The molecule has 0 aromatic carbocycles. The largest absolute Gasteiger partial charge is 0.393 e. The van der Waals surface area contributed by atoms with Crippen LogP contribution in [-0.4, -0.2) is 57.5 Å². The van der Waals surface area contributed by atoms with Gasteiger partial charge in [0, 0.05) is 6.54 Å². The molecule has 2 unspecified atom stereocenters. The van der Waals surface area contributed by atoms with Crippen molar-refractivity contribution >= 4 is 10.0 Å². The smallest absolute Gasteiger partial charge is 0.211 e. The molecule has 1 saturated carbocycles. The highest BCUT2D eigenvalue weighted by Gasteiger charge is 2.23. The van der Waals surface area contributed by atoms with E-state index in [1.807, 2.05) is 7.05 Å². The highest BCUT2D eigenvalue weighted by atomic mass is 32.2. The van der Waals surface area contributed by atoms with Crippen LogP contribution in [0.4, 0.5) is 0 Å². The van der Waals surface area contributed by atoms with Crippen molar-refractivity contribution in [1.29, 1.82) is 0 Å². The van der Waals surface area contributed by atoms with Crippen molar-refractivity contribution in [1.82, 2.24) is 9.62 Å². The first-order valence-electron chi connectivity index (χ1n) is 6.72. The van der Waals surface area contributed by atoms with Crippen molar-refractivity contribution in [2.24, 2.45) is 5.92 Å². The number of nitrogens with one attached hydrogen (secondary N) is 1. The predicted molar refractivity (Wildman–Crippen MR) is 72.9 cm³/mol. The lowest BCUT2D eigenvalue weighted by Gasteiger charge is -2.31. The van der Waals surface area contributed by atoms with E-state index < -0.39 is 10.0 Å². The molecule has 6 heteroatoms. The Morgan fingerprint density at radius 1 is 1.33 bits per heavy atom. The Morgan fingerprint density at radius 3 is 2.61 bits per heavy atom. The number of nitrogens with zero attached hydrogens (tertiary/aromatic N) is 1. The van der Waals surface area contributed by atoms with Crippen LogP contribution in [0.25, 0.3) is 0 Å². The standard InChI is InChI=1S/C12H26N2O3S/c1-13-18(16,17)9-5-8-14(2)10-11-6-3-4-7-12(11)15/h11-13,15H,3-10H2,1-2H3. The van der Waals surface area contributed by atoms with E-state index in [9.17, 15) is 13.5 Å². The summed E-state index contributed by atoms with van der Waals surface area (Å²) < 4.78 is 24.8. The Balaban J connectivity index is 2.22. The molecule has 0 spiro atoms. The fourth-order valence-corrected chi connectivity index (χ4v) is 3.23. The molecule has 1 rings (SSSR count). The maximum Gasteiger partial charge on any atom is 0.211 e. The number of aliphatic hydroxyl groups is 1. The van der Waals surface area contributed by atoms with E-state index in [-0.39, 0.29) is 11.9 Å². The summed E-state index contributed by atoms with van der Waals surface area (Å²) in [7, 11) is 0.350. The zero-order chi connectivity index (χ0) is 13.6. The number of aliphatic hydroxyl groups excluding tert-OH is 1. The molecule has 0 aliphatic heterocycles. The zero-order valence-corrected chi connectivity index (χ0v) is 12.2. The maximum absolute atomic E-state index is 11.3. The lowest BCUT2D eigenvalue weighted by molar-refractivity contribution is 0.0515. The number of hydrogen-bond donors (Lipinski definition) is 2. The molecular formula is C12H26N2O3S. The Kier molecular flexibility index (Phi) is 6.55. The molecule has 2 atom stereocenters. The van der Waals surface area contributed by atoms with Crippen LogP contribution >= 0.6 is 0 Å². The molecular weight excluding hydrogens is 252 g/mol. The molecule has 0 amide bonds. The summed E-state index contributed by atoms with van der Waals surface area (Å²) in [4.78, 5) is 2.13. The number of rotatable bonds is 7. The highest BCUT2D eigenvalue weighted by Crippen LogP contribution is 2.24. The van der Waals surface area contributed by atoms with E-state index in [4.69, 9.17) is 0 Å². The second kappa shape index (κ2) is 7.43. The fourth-order valence-electron chi connectivity index (χ4n) is 2.52. The fraction of sp³-hybridized carbons (Fsp3) is 1.00. The van der Waals surface area contributed by atoms with Crippen LogP contribution in [0.15, 0.2) is 0 Å². The Morgan fingerprint density at radius 2 is 2.00 bits per heavy atom. The van der Waals surface area contributed by atoms with Gasteiger partial charge >= 0.3 is 0 Å². The van der Waals surface area contributed by atoms with Gasteiger partial charge in [0.05, 0.1) is 11.9 Å². The summed E-state index contributed by atoms with van der Waals surface area (Å²) in [6.07, 6.45) is 4.77. The summed E-state index contributed by atoms with van der Waals surface area (Å²) >= 11 is 0. The van der Waals surface area contributed by atoms with Gasteiger partial charge in [-0.3, -0.25) is 0 Å². The van der Waals surface area contributed by atoms with Crippen molar-refractivity contribution in [3.05, 3.63) is 0 Å². The van der Waals surface area contributed by atoms with Crippen LogP contribution in [0.2, 0.25) is 0 Å². The second-order valence-corrected chi connectivity index (χ2v) is 7.30. The van der Waals surface area contributed by atoms with E-state index in [0.717, 1.165) is 32.4 Å². The summed E-state index contributed by atoms with van der Waals surface area (Å²) in [6.45, 7) is 1.62. The quantitative estimate of drug-likeness (QED) is 0.707. The maximum atomic E-state index is 11.3. The van der Waals surface area contributed by atoms with Crippen LogP contribution < -0.4 is 4.72 Å². The van der Waals surface area contributed by atoms with Gasteiger partial charge in [0.2, 0.25) is 10.0 Å². The predicted octanol–water partition coefficient (Wildman–Crippen LogP) is 0.409. The average molecular weight is 278 g/mol. The molecule has 0 radical (unpaired) electrons. The zero-order valence-electron chi connectivity index (χ0n) is 11.4. The summed E-state index contributed by atoms with van der Waals surface area (Å²) in [5.74, 6) is 0.519.